The van der Waals surface area contributed by atoms with E-state index in [4.69, 9.17) is 4.74 Å². The van der Waals surface area contributed by atoms with Crippen molar-refractivity contribution in [1.82, 2.24) is 0 Å². The van der Waals surface area contributed by atoms with Gasteiger partial charge in [-0.2, -0.15) is 0 Å². The van der Waals surface area contributed by atoms with E-state index in [1.807, 2.05) is 0 Å². The monoisotopic (exact) mass is 235 g/mol. The van der Waals surface area contributed by atoms with Crippen molar-refractivity contribution in [1.29, 1.82) is 0 Å². The Hall–Kier alpha value is -1.06. The van der Waals surface area contributed by atoms with Crippen molar-refractivity contribution >= 4 is 5.69 Å². The number of benzene rings is 1. The Kier molecular flexibility index (Phi) is 4.02. The number of para-hydroxylation sites is 1. The van der Waals surface area contributed by atoms with Gasteiger partial charge in [0.1, 0.15) is 0 Å². The number of anilines is 1. The van der Waals surface area contributed by atoms with Gasteiger partial charge in [-0.3, -0.25) is 0 Å². The molecule has 0 bridgehead atoms. The first-order valence-electron chi connectivity index (χ1n) is 6.39. The van der Waals surface area contributed by atoms with Crippen LogP contribution in [0.15, 0.2) is 18.2 Å². The third-order valence-corrected chi connectivity index (χ3v) is 3.38. The molecule has 2 unspecified atom stereocenters. The number of aryl methyl sites for hydroxylation is 2. The smallest absolute Gasteiger partial charge is 0.0996 e. The van der Waals surface area contributed by atoms with Crippen LogP contribution in [0.2, 0.25) is 0 Å². The van der Waals surface area contributed by atoms with Gasteiger partial charge in [-0.25, -0.2) is 0 Å². The van der Waals surface area contributed by atoms with Gasteiger partial charge >= 0.3 is 0 Å². The fraction of sp³-hybridized carbons (Fsp3) is 0.571. The molecule has 0 amide bonds. The number of hydrogen-bond acceptors (Lipinski definition) is 3. The molecule has 0 spiro atoms. The predicted molar refractivity (Wildman–Crippen MR) is 69.4 cm³/mol. The normalized spacial score (nSPS) is 23.9. The summed E-state index contributed by atoms with van der Waals surface area (Å²) in [4.78, 5) is 0. The largest absolute Gasteiger partial charge is 0.388 e. The van der Waals surface area contributed by atoms with E-state index in [1.54, 1.807) is 0 Å². The van der Waals surface area contributed by atoms with Crippen molar-refractivity contribution in [2.24, 2.45) is 0 Å². The molecule has 3 heteroatoms. The molecular formula is C14H21NO2. The zero-order valence-electron chi connectivity index (χ0n) is 10.6. The molecule has 1 aliphatic heterocycles. The Morgan fingerprint density at radius 3 is 2.35 bits per heavy atom. The van der Waals surface area contributed by atoms with Crippen molar-refractivity contribution in [2.75, 3.05) is 18.5 Å². The molecule has 1 aliphatic rings. The van der Waals surface area contributed by atoms with Crippen LogP contribution >= 0.6 is 0 Å². The standard InChI is InChI=1S/C14H21NO2/c1-3-10-6-5-7-11(4-2)14(10)15-12-8-17-9-13(12)16/h5-7,12-13,15-16H,3-4,8-9H2,1-2H3. The van der Waals surface area contributed by atoms with Crippen LogP contribution in [0.3, 0.4) is 0 Å². The van der Waals surface area contributed by atoms with Gasteiger partial charge in [0, 0.05) is 5.69 Å². The van der Waals surface area contributed by atoms with E-state index in [1.165, 1.54) is 16.8 Å². The van der Waals surface area contributed by atoms with E-state index in [9.17, 15) is 5.11 Å². The SMILES string of the molecule is CCc1cccc(CC)c1NC1COCC1O. The van der Waals surface area contributed by atoms with Gasteiger partial charge < -0.3 is 15.2 Å². The minimum absolute atomic E-state index is 0.0213. The van der Waals surface area contributed by atoms with E-state index in [-0.39, 0.29) is 6.04 Å². The molecule has 1 heterocycles. The number of rotatable bonds is 4. The van der Waals surface area contributed by atoms with Crippen molar-refractivity contribution in [2.45, 2.75) is 38.8 Å². The van der Waals surface area contributed by atoms with Gasteiger partial charge in [0.05, 0.1) is 25.4 Å². The molecule has 1 aromatic rings. The summed E-state index contributed by atoms with van der Waals surface area (Å²) in [6.45, 7) is 5.33. The number of hydrogen-bond donors (Lipinski definition) is 2. The molecule has 1 fully saturated rings. The molecule has 0 aromatic heterocycles. The second-order valence-electron chi connectivity index (χ2n) is 4.51. The predicted octanol–water partition coefficient (Wildman–Crippen LogP) is 1.98. The van der Waals surface area contributed by atoms with Gasteiger partial charge in [-0.15, -0.1) is 0 Å². The summed E-state index contributed by atoms with van der Waals surface area (Å²) >= 11 is 0. The maximum Gasteiger partial charge on any atom is 0.0996 e. The molecule has 2 atom stereocenters. The fourth-order valence-electron chi connectivity index (χ4n) is 2.29. The minimum Gasteiger partial charge on any atom is -0.388 e. The summed E-state index contributed by atoms with van der Waals surface area (Å²) in [5.41, 5.74) is 3.80. The molecule has 0 radical (unpaired) electrons. The lowest BCUT2D eigenvalue weighted by atomic mass is 10.0. The molecule has 94 valence electrons. The minimum atomic E-state index is -0.399. The summed E-state index contributed by atoms with van der Waals surface area (Å²) in [7, 11) is 0. The van der Waals surface area contributed by atoms with Crippen LogP contribution in [-0.2, 0) is 17.6 Å². The van der Waals surface area contributed by atoms with Gasteiger partial charge in [-0.05, 0) is 24.0 Å². The van der Waals surface area contributed by atoms with Crippen LogP contribution in [0.5, 0.6) is 0 Å². The zero-order chi connectivity index (χ0) is 12.3. The lowest BCUT2D eigenvalue weighted by Crippen LogP contribution is -2.32. The van der Waals surface area contributed by atoms with E-state index >= 15 is 0 Å². The molecule has 0 aliphatic carbocycles. The van der Waals surface area contributed by atoms with Gasteiger partial charge in [0.25, 0.3) is 0 Å². The average molecular weight is 235 g/mol. The van der Waals surface area contributed by atoms with Gasteiger partial charge in [-0.1, -0.05) is 32.0 Å². The first-order valence-corrected chi connectivity index (χ1v) is 6.39. The van der Waals surface area contributed by atoms with E-state index in [0.717, 1.165) is 12.8 Å². The second kappa shape index (κ2) is 5.52. The number of ether oxygens (including phenoxy) is 1. The molecule has 3 nitrogen and oxygen atoms in total. The Labute approximate surface area is 103 Å². The summed E-state index contributed by atoms with van der Waals surface area (Å²) in [6, 6.07) is 6.41. The number of aliphatic hydroxyl groups excluding tert-OH is 1. The third-order valence-electron chi connectivity index (χ3n) is 3.38. The highest BCUT2D eigenvalue weighted by molar-refractivity contribution is 5.58. The Bertz CT molecular complexity index is 356. The van der Waals surface area contributed by atoms with E-state index < -0.39 is 6.10 Å². The quantitative estimate of drug-likeness (QED) is 0.838. The van der Waals surface area contributed by atoms with Gasteiger partial charge in [0.15, 0.2) is 0 Å². The molecule has 17 heavy (non-hydrogen) atoms. The van der Waals surface area contributed by atoms with Crippen LogP contribution in [0.4, 0.5) is 5.69 Å². The third kappa shape index (κ3) is 2.61. The van der Waals surface area contributed by atoms with Crippen LogP contribution in [0.1, 0.15) is 25.0 Å². The Morgan fingerprint density at radius 1 is 1.24 bits per heavy atom. The lowest BCUT2D eigenvalue weighted by molar-refractivity contribution is 0.125. The Balaban J connectivity index is 2.23. The number of aliphatic hydroxyl groups is 1. The van der Waals surface area contributed by atoms with Crippen LogP contribution in [0, 0.1) is 0 Å². The topological polar surface area (TPSA) is 41.5 Å². The highest BCUT2D eigenvalue weighted by Crippen LogP contribution is 2.25. The summed E-state index contributed by atoms with van der Waals surface area (Å²) in [6.07, 6.45) is 1.60. The molecule has 2 N–H and O–H groups in total. The highest BCUT2D eigenvalue weighted by atomic mass is 16.5. The van der Waals surface area contributed by atoms with E-state index in [2.05, 4.69) is 37.4 Å². The maximum atomic E-state index is 9.79. The molecule has 2 rings (SSSR count). The van der Waals surface area contributed by atoms with E-state index in [0.29, 0.717) is 13.2 Å². The molecule has 1 saturated heterocycles. The van der Waals surface area contributed by atoms with Crippen LogP contribution in [0.25, 0.3) is 0 Å². The number of nitrogens with one attached hydrogen (secondary N) is 1. The van der Waals surface area contributed by atoms with Crippen molar-refractivity contribution in [3.05, 3.63) is 29.3 Å². The molecule has 0 saturated carbocycles. The summed E-state index contributed by atoms with van der Waals surface area (Å²) < 4.78 is 5.28. The van der Waals surface area contributed by atoms with Crippen molar-refractivity contribution in [3.8, 4) is 0 Å². The zero-order valence-corrected chi connectivity index (χ0v) is 10.6. The van der Waals surface area contributed by atoms with Gasteiger partial charge in [0.2, 0.25) is 0 Å². The van der Waals surface area contributed by atoms with Crippen molar-refractivity contribution in [3.63, 3.8) is 0 Å². The van der Waals surface area contributed by atoms with Crippen LogP contribution in [-0.4, -0.2) is 30.5 Å². The highest BCUT2D eigenvalue weighted by Gasteiger charge is 2.26. The summed E-state index contributed by atoms with van der Waals surface area (Å²) in [5.74, 6) is 0. The fourth-order valence-corrected chi connectivity index (χ4v) is 2.29. The first kappa shape index (κ1) is 12.4. The van der Waals surface area contributed by atoms with Crippen LogP contribution < -0.4 is 5.32 Å². The molecule has 1 aromatic carbocycles. The molecular weight excluding hydrogens is 214 g/mol. The second-order valence-corrected chi connectivity index (χ2v) is 4.51. The lowest BCUT2D eigenvalue weighted by Gasteiger charge is -2.21. The van der Waals surface area contributed by atoms with Crippen molar-refractivity contribution < 1.29 is 9.84 Å². The summed E-state index contributed by atoms with van der Waals surface area (Å²) in [5, 5.41) is 13.2. The maximum absolute atomic E-state index is 9.79. The Morgan fingerprint density at radius 2 is 1.88 bits per heavy atom. The average Bonchev–Trinajstić information content (AvgIpc) is 2.75. The first-order chi connectivity index (χ1) is 8.26.